The van der Waals surface area contributed by atoms with E-state index in [-0.39, 0.29) is 78.0 Å². The summed E-state index contributed by atoms with van der Waals surface area (Å²) in [7, 11) is 0. The van der Waals surface area contributed by atoms with Crippen molar-refractivity contribution in [2.45, 2.75) is 0 Å². The van der Waals surface area contributed by atoms with Crippen LogP contribution in [0.15, 0.2) is 176 Å². The van der Waals surface area contributed by atoms with Gasteiger partial charge in [0.05, 0.1) is 61.8 Å². The lowest BCUT2D eigenvalue weighted by Gasteiger charge is -2.20. The van der Waals surface area contributed by atoms with Gasteiger partial charge in [-0.15, -0.1) is 0 Å². The third kappa shape index (κ3) is 7.23. The minimum atomic E-state index is -1.31. The number of carboxylic acids is 4. The highest BCUT2D eigenvalue weighted by atomic mass is 16.4. The molecule has 2 aliphatic rings. The number of carbonyl (C=O) groups is 4. The van der Waals surface area contributed by atoms with E-state index in [1.54, 1.807) is 102 Å². The molecule has 76 heavy (non-hydrogen) atoms. The maximum absolute atomic E-state index is 14.2. The van der Waals surface area contributed by atoms with Gasteiger partial charge in [-0.2, -0.15) is 0 Å². The van der Waals surface area contributed by atoms with Crippen LogP contribution < -0.4 is 0 Å². The van der Waals surface area contributed by atoms with E-state index in [2.05, 4.69) is 4.98 Å². The summed E-state index contributed by atoms with van der Waals surface area (Å²) < 4.78 is 1.75. The molecule has 0 atom stereocenters. The lowest BCUT2D eigenvalue weighted by atomic mass is 9.84. The summed E-state index contributed by atoms with van der Waals surface area (Å²) in [5, 5.41) is 50.7. The molecule has 8 aromatic carbocycles. The molecule has 0 radical (unpaired) electrons. The number of benzene rings is 8. The minimum absolute atomic E-state index is 0.124. The maximum Gasteiger partial charge on any atom is 0.337 e. The number of nitrogens with zero attached hydrogens (tertiary/aromatic N) is 3. The normalized spacial score (nSPS) is 12.0. The van der Waals surface area contributed by atoms with Crippen molar-refractivity contribution < 1.29 is 39.6 Å². The van der Waals surface area contributed by atoms with Gasteiger partial charge in [0.15, 0.2) is 0 Å². The van der Waals surface area contributed by atoms with Crippen LogP contribution in [-0.2, 0) is 0 Å². The predicted molar refractivity (Wildman–Crippen MR) is 298 cm³/mol. The molecule has 0 saturated carbocycles. The summed E-state index contributed by atoms with van der Waals surface area (Å²) in [6.07, 6.45) is 7.18. The van der Waals surface area contributed by atoms with Crippen LogP contribution in [0.5, 0.6) is 0 Å². The van der Waals surface area contributed by atoms with E-state index in [4.69, 9.17) is 9.97 Å². The molecular formula is C64H38N4O8. The Morgan fingerprint density at radius 2 is 0.763 bits per heavy atom. The maximum atomic E-state index is 14.2. The zero-order chi connectivity index (χ0) is 51.9. The molecule has 12 heteroatoms. The van der Waals surface area contributed by atoms with Gasteiger partial charge in [0, 0.05) is 49.8 Å². The van der Waals surface area contributed by atoms with Crippen molar-refractivity contribution in [3.63, 3.8) is 0 Å². The number of nitrogens with one attached hydrogen (secondary N) is 1. The van der Waals surface area contributed by atoms with Gasteiger partial charge in [0.1, 0.15) is 0 Å². The zero-order valence-corrected chi connectivity index (χ0v) is 39.8. The second-order valence-electron chi connectivity index (χ2n) is 18.6. The van der Waals surface area contributed by atoms with Crippen LogP contribution in [0.3, 0.4) is 0 Å². The summed E-state index contributed by atoms with van der Waals surface area (Å²) >= 11 is 0. The monoisotopic (exact) mass is 990 g/mol. The molecule has 0 spiro atoms. The molecule has 362 valence electrons. The highest BCUT2D eigenvalue weighted by Gasteiger charge is 2.35. The fourth-order valence-electron chi connectivity index (χ4n) is 11.1. The summed E-state index contributed by atoms with van der Waals surface area (Å²) in [6, 6.07) is 51.3. The Hall–Kier alpha value is -10.7. The first-order valence-electron chi connectivity index (χ1n) is 24.2. The molecular weight excluding hydrogens is 953 g/mol. The van der Waals surface area contributed by atoms with Gasteiger partial charge < -0.3 is 30.0 Å². The van der Waals surface area contributed by atoms with Crippen LogP contribution in [-0.4, -0.2) is 63.8 Å². The lowest BCUT2D eigenvalue weighted by molar-refractivity contribution is 0.0686. The van der Waals surface area contributed by atoms with Crippen LogP contribution in [0, 0.1) is 0 Å². The molecule has 13 rings (SSSR count). The third-order valence-corrected chi connectivity index (χ3v) is 14.3. The van der Waals surface area contributed by atoms with Crippen molar-refractivity contribution in [2.75, 3.05) is 0 Å². The Kier molecular flexibility index (Phi) is 10.4. The first-order chi connectivity index (χ1) is 37.0. The quantitative estimate of drug-likeness (QED) is 0.0977. The van der Waals surface area contributed by atoms with E-state index in [1.165, 1.54) is 24.3 Å². The fourth-order valence-corrected chi connectivity index (χ4v) is 11.1. The van der Waals surface area contributed by atoms with Gasteiger partial charge in [0.25, 0.3) is 0 Å². The molecule has 5 heterocycles. The molecule has 8 bridgehead atoms. The number of hydrogen-bond acceptors (Lipinski definition) is 6. The first kappa shape index (κ1) is 45.2. The van der Waals surface area contributed by atoms with Gasteiger partial charge in [-0.05, 0) is 117 Å². The minimum Gasteiger partial charge on any atom is -0.478 e. The standard InChI is InChI=1S/C64H38N4O8/c69-61(70)47-26-17-34-9-1-5-13-43(34)53(47)56-51-30-25-41(67-51)32-40-22-21-38(65-40)31-39-23-24-42(66-39)33-52-57(54-44-14-6-2-10-35(44)18-27-48(54)62(71)72)58(55-45-15-7-3-11-36(45)19-28-49(55)63(73)74)60(56)68(52)59-46-16-8-4-12-37(46)20-29-50(59)64(75)76/h1-33,65H,(H,69,70)(H,71,72)(H,73,74)(H,75,76). The number of aromatic amines is 1. The largest absolute Gasteiger partial charge is 0.478 e. The highest BCUT2D eigenvalue weighted by molar-refractivity contribution is 6.25. The SMILES string of the molecule is O=C(O)c1ccc2ccccc2c1-c1c(-c2c(C(=O)O)ccc3ccccc23)c2c(-c3c(C(=O)O)ccc4ccccc34)c3nc(cc4ccc(cc5nc(cc1n2-c1c(C(=O)O)ccc2ccccc12)C=C5)[nH]4)C=C3. The topological polar surface area (TPSA) is 196 Å². The average Bonchev–Trinajstić information content (AvgIpc) is 4.37. The molecule has 0 aliphatic carbocycles. The molecule has 0 fully saturated rings. The Morgan fingerprint density at radius 3 is 1.26 bits per heavy atom. The van der Waals surface area contributed by atoms with Crippen LogP contribution in [0.4, 0.5) is 0 Å². The molecule has 11 aromatic rings. The predicted octanol–water partition coefficient (Wildman–Crippen LogP) is 14.5. The van der Waals surface area contributed by atoms with Crippen LogP contribution in [0.2, 0.25) is 0 Å². The third-order valence-electron chi connectivity index (χ3n) is 14.3. The molecule has 0 amide bonds. The van der Waals surface area contributed by atoms with E-state index in [0.717, 1.165) is 5.52 Å². The van der Waals surface area contributed by atoms with Gasteiger partial charge in [-0.1, -0.05) is 121 Å². The van der Waals surface area contributed by atoms with Gasteiger partial charge >= 0.3 is 23.9 Å². The van der Waals surface area contributed by atoms with Crippen LogP contribution in [0.25, 0.3) is 129 Å². The summed E-state index contributed by atoms with van der Waals surface area (Å²) in [5.41, 5.74) is 3.98. The van der Waals surface area contributed by atoms with E-state index >= 15 is 0 Å². The number of aromatic carboxylic acids is 4. The van der Waals surface area contributed by atoms with Crippen molar-refractivity contribution >= 4 is 113 Å². The molecule has 12 nitrogen and oxygen atoms in total. The summed E-state index contributed by atoms with van der Waals surface area (Å²) in [5.74, 6) is -5.20. The zero-order valence-electron chi connectivity index (χ0n) is 39.8. The van der Waals surface area contributed by atoms with Crippen LogP contribution in [0.1, 0.15) is 64.2 Å². The molecule has 2 aliphatic heterocycles. The van der Waals surface area contributed by atoms with E-state index in [0.29, 0.717) is 65.7 Å². The van der Waals surface area contributed by atoms with Crippen molar-refractivity contribution in [3.8, 4) is 39.1 Å². The second-order valence-corrected chi connectivity index (χ2v) is 18.6. The van der Waals surface area contributed by atoms with E-state index < -0.39 is 23.9 Å². The summed E-state index contributed by atoms with van der Waals surface area (Å²) in [6.45, 7) is 0. The number of rotatable bonds is 8. The summed E-state index contributed by atoms with van der Waals surface area (Å²) in [4.78, 5) is 70.5. The Bertz CT molecular complexity index is 4680. The Labute approximate surface area is 430 Å². The van der Waals surface area contributed by atoms with Crippen LogP contribution >= 0.6 is 0 Å². The van der Waals surface area contributed by atoms with Gasteiger partial charge in [0.2, 0.25) is 0 Å². The molecule has 0 saturated heterocycles. The lowest BCUT2D eigenvalue weighted by Crippen LogP contribution is -2.08. The average molecular weight is 991 g/mol. The second kappa shape index (κ2) is 17.5. The molecule has 3 aromatic heterocycles. The van der Waals surface area contributed by atoms with Gasteiger partial charge in [-0.25, -0.2) is 29.1 Å². The number of H-pyrrole nitrogens is 1. The molecule has 5 N–H and O–H groups in total. The van der Waals surface area contributed by atoms with E-state index in [1.807, 2.05) is 78.9 Å². The van der Waals surface area contributed by atoms with Crippen molar-refractivity contribution in [3.05, 3.63) is 221 Å². The van der Waals surface area contributed by atoms with E-state index in [9.17, 15) is 39.6 Å². The van der Waals surface area contributed by atoms with Crippen molar-refractivity contribution in [1.82, 2.24) is 19.5 Å². The molecule has 0 unspecified atom stereocenters. The first-order valence-corrected chi connectivity index (χ1v) is 24.2. The number of aromatic nitrogens is 4. The Morgan fingerprint density at radius 1 is 0.368 bits per heavy atom. The van der Waals surface area contributed by atoms with Gasteiger partial charge in [-0.3, -0.25) is 0 Å². The van der Waals surface area contributed by atoms with Crippen molar-refractivity contribution in [1.29, 1.82) is 0 Å². The smallest absolute Gasteiger partial charge is 0.337 e. The number of hydrogen-bond donors (Lipinski definition) is 5. The fraction of sp³-hybridized carbons (Fsp3) is 0. The Balaban J connectivity index is 1.49. The highest BCUT2D eigenvalue weighted by Crippen LogP contribution is 2.53. The number of carboxylic acid groups (broad SMARTS) is 4. The number of fused-ring (bicyclic) bond motifs is 12. The van der Waals surface area contributed by atoms with Crippen molar-refractivity contribution in [2.24, 2.45) is 0 Å².